The van der Waals surface area contributed by atoms with Gasteiger partial charge in [-0.25, -0.2) is 4.99 Å². The number of aromatic amines is 2. The summed E-state index contributed by atoms with van der Waals surface area (Å²) >= 11 is 0. The quantitative estimate of drug-likeness (QED) is 0.208. The van der Waals surface area contributed by atoms with Crippen molar-refractivity contribution in [2.75, 3.05) is 27.2 Å². The summed E-state index contributed by atoms with van der Waals surface area (Å²) < 4.78 is 0. The molecule has 0 saturated carbocycles. The predicted molar refractivity (Wildman–Crippen MR) is 126 cm³/mol. The lowest BCUT2D eigenvalue weighted by atomic mass is 10.2. The summed E-state index contributed by atoms with van der Waals surface area (Å²) in [7, 11) is 3.40. The topological polar surface area (TPSA) is 200 Å². The Morgan fingerprint density at radius 2 is 1.84 bits per heavy atom. The Morgan fingerprint density at radius 3 is 2.55 bits per heavy atom. The normalized spacial score (nSPS) is 13.5. The lowest BCUT2D eigenvalue weighted by molar-refractivity contribution is 0.500. The average molecular weight is 429 g/mol. The van der Waals surface area contributed by atoms with E-state index in [1.807, 2.05) is 37.6 Å². The van der Waals surface area contributed by atoms with Gasteiger partial charge in [-0.2, -0.15) is 4.99 Å². The van der Waals surface area contributed by atoms with Crippen LogP contribution in [-0.4, -0.2) is 65.9 Å². The van der Waals surface area contributed by atoms with Gasteiger partial charge in [0.1, 0.15) is 0 Å². The number of hydrogen-bond donors (Lipinski definition) is 7. The number of guanidine groups is 4. The molecule has 0 aliphatic carbocycles. The van der Waals surface area contributed by atoms with Crippen LogP contribution in [0.25, 0.3) is 0 Å². The van der Waals surface area contributed by atoms with Crippen LogP contribution in [0.2, 0.25) is 0 Å². The molecule has 11 N–H and O–H groups in total. The van der Waals surface area contributed by atoms with E-state index in [1.54, 1.807) is 11.9 Å². The van der Waals surface area contributed by atoms with Gasteiger partial charge < -0.3 is 37.8 Å². The molecule has 168 valence electrons. The van der Waals surface area contributed by atoms with Crippen molar-refractivity contribution in [2.24, 2.45) is 42.9 Å². The van der Waals surface area contributed by atoms with Gasteiger partial charge in [-0.3, -0.25) is 15.3 Å². The molecular formula is C19H32N12. The minimum absolute atomic E-state index is 0.141. The number of H-pyrrole nitrogens is 2. The molecule has 0 fully saturated rings. The van der Waals surface area contributed by atoms with Crippen molar-refractivity contribution < 1.29 is 0 Å². The number of aliphatic imine (C=N–C) groups is 4. The Morgan fingerprint density at radius 1 is 1.06 bits per heavy atom. The van der Waals surface area contributed by atoms with Crippen LogP contribution in [0.5, 0.6) is 0 Å². The van der Waals surface area contributed by atoms with Crippen LogP contribution in [0.15, 0.2) is 50.6 Å². The van der Waals surface area contributed by atoms with Gasteiger partial charge in [0.25, 0.3) is 0 Å². The molecule has 0 radical (unpaired) electrons. The van der Waals surface area contributed by atoms with Gasteiger partial charge in [0.15, 0.2) is 17.9 Å². The summed E-state index contributed by atoms with van der Waals surface area (Å²) in [6.07, 6.45) is 5.27. The fourth-order valence-electron chi connectivity index (χ4n) is 2.59. The fourth-order valence-corrected chi connectivity index (χ4v) is 2.59. The second-order valence-electron chi connectivity index (χ2n) is 6.80. The van der Waals surface area contributed by atoms with E-state index < -0.39 is 0 Å². The molecule has 0 amide bonds. The third kappa shape index (κ3) is 8.51. The maximum absolute atomic E-state index is 5.89. The maximum atomic E-state index is 5.89. The molecule has 0 spiro atoms. The van der Waals surface area contributed by atoms with Gasteiger partial charge in [0, 0.05) is 63.8 Å². The highest BCUT2D eigenvalue weighted by molar-refractivity contribution is 5.97. The zero-order chi connectivity index (χ0) is 22.6. The van der Waals surface area contributed by atoms with Crippen molar-refractivity contribution in [1.82, 2.24) is 20.2 Å². The molecule has 0 saturated heterocycles. The number of likely N-dealkylation sites (N-methyl/N-ethyl adjacent to an activating group) is 1. The molecule has 2 rings (SSSR count). The summed E-state index contributed by atoms with van der Waals surface area (Å²) in [5.74, 6) is 0.897. The minimum atomic E-state index is 0.141. The number of hydrogen-bond acceptors (Lipinski definition) is 3. The largest absolute Gasteiger partial charge is 0.370 e. The second-order valence-corrected chi connectivity index (χ2v) is 6.80. The first-order valence-corrected chi connectivity index (χ1v) is 9.80. The van der Waals surface area contributed by atoms with Crippen LogP contribution in [0.3, 0.4) is 0 Å². The van der Waals surface area contributed by atoms with E-state index in [-0.39, 0.29) is 17.9 Å². The molecule has 2 aromatic heterocycles. The van der Waals surface area contributed by atoms with E-state index in [2.05, 4.69) is 35.3 Å². The summed E-state index contributed by atoms with van der Waals surface area (Å²) in [4.78, 5) is 24.4. The van der Waals surface area contributed by atoms with Gasteiger partial charge >= 0.3 is 0 Å². The van der Waals surface area contributed by atoms with Crippen molar-refractivity contribution in [3.05, 3.63) is 47.5 Å². The monoisotopic (exact) mass is 428 g/mol. The molecular weight excluding hydrogens is 396 g/mol. The fraction of sp³-hybridized carbons (Fsp3) is 0.368. The lowest BCUT2D eigenvalue weighted by Crippen LogP contribution is -2.41. The highest BCUT2D eigenvalue weighted by Crippen LogP contribution is 2.06. The SMILES string of the molecule is CN=C(N)N=C(N)N(C)CCc1cc(CN=C(N)NC(N)=NCCc2ccc[nH]2)c[nH]1. The Hall–Kier alpha value is -3.96. The Bertz CT molecular complexity index is 920. The molecule has 0 aromatic carbocycles. The number of aromatic nitrogens is 2. The number of nitrogens with one attached hydrogen (secondary N) is 3. The van der Waals surface area contributed by atoms with Crippen LogP contribution in [0.1, 0.15) is 17.0 Å². The first kappa shape index (κ1) is 23.3. The maximum Gasteiger partial charge on any atom is 0.218 e. The van der Waals surface area contributed by atoms with Crippen LogP contribution >= 0.6 is 0 Å². The standard InChI is InChI=1S/C19H32N12/c1-24-16(20)30-19(23)31(2)9-6-15-10-13(11-27-15)12-28-18(22)29-17(21)26-8-5-14-4-3-7-25-14/h3-4,7,10-11,25,27H,5-6,8-9,12H2,1-2H3,(H4,20,23,24,30)(H5,21,22,26,28,29). The van der Waals surface area contributed by atoms with Crippen LogP contribution in [-0.2, 0) is 19.4 Å². The summed E-state index contributed by atoms with van der Waals surface area (Å²) in [5.41, 5.74) is 26.3. The van der Waals surface area contributed by atoms with E-state index in [9.17, 15) is 0 Å². The molecule has 12 nitrogen and oxygen atoms in total. The molecule has 0 aliphatic rings. The summed E-state index contributed by atoms with van der Waals surface area (Å²) in [6, 6.07) is 5.96. The van der Waals surface area contributed by atoms with Gasteiger partial charge in [-0.1, -0.05) is 0 Å². The number of nitrogens with zero attached hydrogens (tertiary/aromatic N) is 5. The Kier molecular flexibility index (Phi) is 8.95. The van der Waals surface area contributed by atoms with E-state index in [0.717, 1.165) is 29.8 Å². The van der Waals surface area contributed by atoms with Gasteiger partial charge in [0.2, 0.25) is 5.96 Å². The lowest BCUT2D eigenvalue weighted by Gasteiger charge is -2.17. The van der Waals surface area contributed by atoms with Crippen LogP contribution < -0.4 is 28.3 Å². The highest BCUT2D eigenvalue weighted by Gasteiger charge is 2.05. The molecule has 0 bridgehead atoms. The zero-order valence-electron chi connectivity index (χ0n) is 18.0. The second kappa shape index (κ2) is 11.9. The van der Waals surface area contributed by atoms with Crippen molar-refractivity contribution >= 4 is 23.8 Å². The first-order valence-electron chi connectivity index (χ1n) is 9.80. The molecule has 2 heterocycles. The molecule has 0 unspecified atom stereocenters. The predicted octanol–water partition coefficient (Wildman–Crippen LogP) is -0.962. The van der Waals surface area contributed by atoms with E-state index in [0.29, 0.717) is 25.6 Å². The van der Waals surface area contributed by atoms with Gasteiger partial charge in [0.05, 0.1) is 6.54 Å². The molecule has 12 heteroatoms. The van der Waals surface area contributed by atoms with Crippen LogP contribution in [0, 0.1) is 0 Å². The number of nitrogens with two attached hydrogens (primary N) is 4. The van der Waals surface area contributed by atoms with E-state index in [4.69, 9.17) is 22.9 Å². The van der Waals surface area contributed by atoms with Crippen molar-refractivity contribution in [1.29, 1.82) is 0 Å². The van der Waals surface area contributed by atoms with Gasteiger partial charge in [-0.15, -0.1) is 0 Å². The average Bonchev–Trinajstić information content (AvgIpc) is 3.42. The summed E-state index contributed by atoms with van der Waals surface area (Å²) in [5, 5.41) is 2.79. The Labute approximate surface area is 181 Å². The zero-order valence-corrected chi connectivity index (χ0v) is 18.0. The molecule has 0 atom stereocenters. The minimum Gasteiger partial charge on any atom is -0.370 e. The first-order chi connectivity index (χ1) is 14.9. The molecule has 2 aromatic rings. The van der Waals surface area contributed by atoms with Crippen molar-refractivity contribution in [2.45, 2.75) is 19.4 Å². The van der Waals surface area contributed by atoms with Crippen LogP contribution in [0.4, 0.5) is 0 Å². The van der Waals surface area contributed by atoms with Gasteiger partial charge in [-0.05, 0) is 23.8 Å². The highest BCUT2D eigenvalue weighted by atomic mass is 15.3. The molecule has 0 aliphatic heterocycles. The van der Waals surface area contributed by atoms with Crippen molar-refractivity contribution in [3.8, 4) is 0 Å². The van der Waals surface area contributed by atoms with E-state index >= 15 is 0 Å². The third-order valence-corrected chi connectivity index (χ3v) is 4.38. The number of rotatable bonds is 8. The molecule has 31 heavy (non-hydrogen) atoms. The Balaban J connectivity index is 1.77. The third-order valence-electron chi connectivity index (χ3n) is 4.38. The smallest absolute Gasteiger partial charge is 0.218 e. The van der Waals surface area contributed by atoms with E-state index in [1.165, 1.54) is 0 Å². The summed E-state index contributed by atoms with van der Waals surface area (Å²) in [6.45, 7) is 1.62. The van der Waals surface area contributed by atoms with Crippen molar-refractivity contribution in [3.63, 3.8) is 0 Å².